The summed E-state index contributed by atoms with van der Waals surface area (Å²) in [7, 11) is -7.25. The molecular formula is C35H54N4O8SSi. The Morgan fingerprint density at radius 1 is 1.00 bits per heavy atom. The summed E-state index contributed by atoms with van der Waals surface area (Å²) in [5.74, 6) is 0.0245. The normalized spacial score (nSPS) is 25.4. The minimum Gasteiger partial charge on any atom is -0.455 e. The molecule has 5 atom stereocenters. The highest BCUT2D eigenvalue weighted by Crippen LogP contribution is 2.56. The maximum absolute atomic E-state index is 14.2. The molecule has 2 saturated heterocycles. The zero-order valence-corrected chi connectivity index (χ0v) is 33.0. The third-order valence-corrected chi connectivity index (χ3v) is 16.1. The van der Waals surface area contributed by atoms with Crippen LogP contribution in [-0.4, -0.2) is 63.8 Å². The highest BCUT2D eigenvalue weighted by molar-refractivity contribution is 7.86. The molecule has 1 unspecified atom stereocenters. The van der Waals surface area contributed by atoms with Crippen LogP contribution in [0.5, 0.6) is 0 Å². The van der Waals surface area contributed by atoms with Crippen LogP contribution in [0, 0.1) is 0 Å². The predicted molar refractivity (Wildman–Crippen MR) is 190 cm³/mol. The van der Waals surface area contributed by atoms with Gasteiger partial charge in [0.1, 0.15) is 28.6 Å². The topological polar surface area (TPSA) is 140 Å². The number of anilines is 1. The fourth-order valence-electron chi connectivity index (χ4n) is 7.41. The lowest BCUT2D eigenvalue weighted by atomic mass is 9.89. The number of nitrogens with zero attached hydrogens (tertiary/aromatic N) is 3. The highest BCUT2D eigenvalue weighted by atomic mass is 32.2. The number of aliphatic imine (C=N–C) groups is 1. The lowest BCUT2D eigenvalue weighted by Crippen LogP contribution is -2.65. The first-order valence-electron chi connectivity index (χ1n) is 17.2. The summed E-state index contributed by atoms with van der Waals surface area (Å²) in [5.41, 5.74) is 2.74. The van der Waals surface area contributed by atoms with Crippen LogP contribution in [0.2, 0.25) is 10.1 Å². The van der Waals surface area contributed by atoms with Crippen molar-refractivity contribution in [1.29, 1.82) is 0 Å². The van der Waals surface area contributed by atoms with E-state index in [0.717, 1.165) is 5.56 Å². The van der Waals surface area contributed by atoms with E-state index >= 15 is 0 Å². The van der Waals surface area contributed by atoms with E-state index in [1.54, 1.807) is 4.57 Å². The average molecular weight is 719 g/mol. The Kier molecular flexibility index (Phi) is 10.1. The SMILES string of the molecule is CC(=O)O[C@@H]1[C@@H]2O[Si](C(C)(C)C)(C(C)(C)C)OC[C@H]2O[C@H]1n1cnc2c1NC=NC2OS(=O)(=O)c1c(C(C)C)cc(C(C)C)cc1C(C)C. The van der Waals surface area contributed by atoms with Gasteiger partial charge in [-0.05, 0) is 34.4 Å². The maximum atomic E-state index is 14.2. The lowest BCUT2D eigenvalue weighted by molar-refractivity contribution is -0.155. The fraction of sp³-hybridized carbons (Fsp3) is 0.686. The van der Waals surface area contributed by atoms with Crippen LogP contribution < -0.4 is 5.32 Å². The zero-order chi connectivity index (χ0) is 36.4. The van der Waals surface area contributed by atoms with Gasteiger partial charge >= 0.3 is 14.5 Å². The Morgan fingerprint density at radius 3 is 2.10 bits per heavy atom. The predicted octanol–water partition coefficient (Wildman–Crippen LogP) is 7.40. The second kappa shape index (κ2) is 13.2. The average Bonchev–Trinajstić information content (AvgIpc) is 3.56. The van der Waals surface area contributed by atoms with Gasteiger partial charge in [-0.2, -0.15) is 8.42 Å². The summed E-state index contributed by atoms with van der Waals surface area (Å²) in [6.45, 7) is 26.5. The van der Waals surface area contributed by atoms with Gasteiger partial charge in [-0.3, -0.25) is 9.36 Å². The van der Waals surface area contributed by atoms with Gasteiger partial charge in [0.25, 0.3) is 10.1 Å². The molecule has 1 aromatic carbocycles. The molecule has 0 aliphatic carbocycles. The number of aromatic nitrogens is 2. The molecule has 1 aromatic heterocycles. The third kappa shape index (κ3) is 6.76. The number of rotatable bonds is 8. The third-order valence-electron chi connectivity index (χ3n) is 9.60. The van der Waals surface area contributed by atoms with E-state index in [1.165, 1.54) is 19.6 Å². The molecule has 2 aromatic rings. The van der Waals surface area contributed by atoms with E-state index in [0.29, 0.717) is 16.9 Å². The number of fused-ring (bicyclic) bond motifs is 2. The van der Waals surface area contributed by atoms with E-state index < -0.39 is 55.4 Å². The summed E-state index contributed by atoms with van der Waals surface area (Å²) in [4.78, 5) is 21.6. The Balaban J connectivity index is 1.51. The summed E-state index contributed by atoms with van der Waals surface area (Å²) < 4.78 is 62.1. The Bertz CT molecular complexity index is 1660. The lowest BCUT2D eigenvalue weighted by Gasteiger charge is -2.53. The Hall–Kier alpha value is -2.62. The van der Waals surface area contributed by atoms with Crippen molar-refractivity contribution in [2.75, 3.05) is 11.9 Å². The van der Waals surface area contributed by atoms with Gasteiger partial charge < -0.3 is 23.6 Å². The number of carbonyl (C=O) groups is 1. The smallest absolute Gasteiger partial charge is 0.349 e. The molecule has 3 aliphatic heterocycles. The summed E-state index contributed by atoms with van der Waals surface area (Å²) in [6, 6.07) is 3.94. The van der Waals surface area contributed by atoms with Crippen molar-refractivity contribution in [2.24, 2.45) is 4.99 Å². The largest absolute Gasteiger partial charge is 0.455 e. The van der Waals surface area contributed by atoms with Crippen molar-refractivity contribution in [2.45, 2.75) is 154 Å². The first-order chi connectivity index (χ1) is 22.6. The maximum Gasteiger partial charge on any atom is 0.349 e. The number of carbonyl (C=O) groups excluding carboxylic acids is 1. The van der Waals surface area contributed by atoms with Gasteiger partial charge in [0.05, 0.1) is 19.3 Å². The first kappa shape index (κ1) is 37.6. The minimum atomic E-state index is -4.31. The summed E-state index contributed by atoms with van der Waals surface area (Å²) in [5, 5.41) is 2.50. The molecule has 49 heavy (non-hydrogen) atoms. The van der Waals surface area contributed by atoms with Crippen molar-refractivity contribution in [3.8, 4) is 0 Å². The van der Waals surface area contributed by atoms with Crippen LogP contribution in [0.1, 0.15) is 143 Å². The number of imidazole rings is 1. The molecule has 272 valence electrons. The number of hydrogen-bond acceptors (Lipinski definition) is 11. The van der Waals surface area contributed by atoms with E-state index in [9.17, 15) is 13.2 Å². The van der Waals surface area contributed by atoms with Gasteiger partial charge in [0, 0.05) is 17.0 Å². The standard InChI is InChI=1S/C35H54N4O8SSi/c1-19(2)23-14-24(20(3)4)30(25(15-23)21(5)6)48(41,42)46-32-27-31(36-17-37-32)39(18-38-27)33-29(44-22(7)40)28-26(45-33)16-43-49(47-28,34(8,9)10)35(11,12)13/h14-15,17-21,26,28-29,32-33H,16H2,1-13H3,(H,36,37)/t26-,28-,29-,32?,33-/m1/s1. The van der Waals surface area contributed by atoms with Crippen LogP contribution in [0.25, 0.3) is 0 Å². The molecule has 0 saturated carbocycles. The molecular weight excluding hydrogens is 665 g/mol. The molecule has 14 heteroatoms. The van der Waals surface area contributed by atoms with Crippen molar-refractivity contribution in [3.05, 3.63) is 40.8 Å². The number of esters is 1. The van der Waals surface area contributed by atoms with Crippen LogP contribution in [0.3, 0.4) is 0 Å². The second-order valence-corrected chi connectivity index (χ2v) is 22.6. The van der Waals surface area contributed by atoms with Crippen LogP contribution in [0.4, 0.5) is 5.82 Å². The van der Waals surface area contributed by atoms with Crippen molar-refractivity contribution < 1.29 is 35.7 Å². The minimum absolute atomic E-state index is 0.0679. The zero-order valence-electron chi connectivity index (χ0n) is 31.2. The molecule has 12 nitrogen and oxygen atoms in total. The summed E-state index contributed by atoms with van der Waals surface area (Å²) in [6.07, 6.45) is -1.13. The Labute approximate surface area is 292 Å². The molecule has 0 bridgehead atoms. The van der Waals surface area contributed by atoms with Crippen LogP contribution >= 0.6 is 0 Å². The highest BCUT2D eigenvalue weighted by Gasteiger charge is 2.65. The molecule has 4 heterocycles. The van der Waals surface area contributed by atoms with Gasteiger partial charge in [-0.25, -0.2) is 14.2 Å². The number of hydrogen-bond donors (Lipinski definition) is 1. The number of benzene rings is 1. The molecule has 0 radical (unpaired) electrons. The fourth-order valence-corrected chi connectivity index (χ4v) is 14.0. The van der Waals surface area contributed by atoms with E-state index in [4.69, 9.17) is 22.5 Å². The molecule has 3 aliphatic rings. The number of nitrogens with one attached hydrogen (secondary N) is 1. The molecule has 5 rings (SSSR count). The van der Waals surface area contributed by atoms with Gasteiger partial charge in [0.15, 0.2) is 12.3 Å². The Morgan fingerprint density at radius 2 is 1.59 bits per heavy atom. The van der Waals surface area contributed by atoms with Gasteiger partial charge in [0.2, 0.25) is 6.23 Å². The molecule has 2 fully saturated rings. The van der Waals surface area contributed by atoms with E-state index in [2.05, 4.69) is 70.7 Å². The quantitative estimate of drug-likeness (QED) is 0.167. The van der Waals surface area contributed by atoms with E-state index in [-0.39, 0.29) is 45.0 Å². The van der Waals surface area contributed by atoms with Crippen LogP contribution in [0.15, 0.2) is 28.3 Å². The molecule has 1 N–H and O–H groups in total. The van der Waals surface area contributed by atoms with E-state index in [1.807, 2.05) is 39.8 Å². The summed E-state index contributed by atoms with van der Waals surface area (Å²) >= 11 is 0. The van der Waals surface area contributed by atoms with Crippen molar-refractivity contribution in [3.63, 3.8) is 0 Å². The van der Waals surface area contributed by atoms with Crippen LogP contribution in [-0.2, 0) is 37.4 Å². The van der Waals surface area contributed by atoms with Gasteiger partial charge in [-0.15, -0.1) is 0 Å². The molecule has 0 amide bonds. The number of ether oxygens (including phenoxy) is 2. The molecule has 0 spiro atoms. The second-order valence-electron chi connectivity index (χ2n) is 16.4. The van der Waals surface area contributed by atoms with Crippen molar-refractivity contribution >= 4 is 36.8 Å². The van der Waals surface area contributed by atoms with Crippen molar-refractivity contribution in [1.82, 2.24) is 9.55 Å². The monoisotopic (exact) mass is 718 g/mol. The first-order valence-corrected chi connectivity index (χ1v) is 20.4. The van der Waals surface area contributed by atoms with Gasteiger partial charge in [-0.1, -0.05) is 95.2 Å².